The Morgan fingerprint density at radius 2 is 2.05 bits per heavy atom. The van der Waals surface area contributed by atoms with E-state index in [2.05, 4.69) is 9.97 Å². The number of fused-ring (bicyclic) bond motifs is 1. The van der Waals surface area contributed by atoms with E-state index in [-0.39, 0.29) is 5.82 Å². The molecule has 0 aliphatic carbocycles. The number of thioether (sulfide) groups is 1. The Balaban J connectivity index is 1.92. The molecule has 1 aromatic carbocycles. The highest BCUT2D eigenvalue weighted by Gasteiger charge is 2.08. The van der Waals surface area contributed by atoms with Crippen LogP contribution in [-0.4, -0.2) is 9.97 Å². The third kappa shape index (κ3) is 2.44. The molecule has 0 fully saturated rings. The molecule has 0 spiro atoms. The fourth-order valence-corrected chi connectivity index (χ4v) is 2.91. The molecule has 3 nitrogen and oxygen atoms in total. The quantitative estimate of drug-likeness (QED) is 0.746. The molecule has 0 aliphatic heterocycles. The molecule has 0 saturated carbocycles. The summed E-state index contributed by atoms with van der Waals surface area (Å²) in [6, 6.07) is 8.61. The SMILES string of the molecule is Nc1cnccc1SCc1ccc(F)c2cccnc12. The molecule has 0 atom stereocenters. The van der Waals surface area contributed by atoms with Crippen molar-refractivity contribution in [2.24, 2.45) is 0 Å². The van der Waals surface area contributed by atoms with Crippen LogP contribution in [0, 0.1) is 5.82 Å². The van der Waals surface area contributed by atoms with E-state index in [0.717, 1.165) is 10.5 Å². The van der Waals surface area contributed by atoms with Gasteiger partial charge in [-0.05, 0) is 29.8 Å². The van der Waals surface area contributed by atoms with Crippen molar-refractivity contribution >= 4 is 28.4 Å². The average Bonchev–Trinajstić information content (AvgIpc) is 2.48. The molecule has 0 saturated heterocycles. The number of rotatable bonds is 3. The predicted molar refractivity (Wildman–Crippen MR) is 79.9 cm³/mol. The first-order valence-corrected chi connectivity index (χ1v) is 7.08. The molecule has 100 valence electrons. The van der Waals surface area contributed by atoms with Gasteiger partial charge in [-0.15, -0.1) is 11.8 Å². The lowest BCUT2D eigenvalue weighted by Gasteiger charge is -2.07. The number of nitrogen functional groups attached to an aromatic ring is 1. The van der Waals surface area contributed by atoms with Gasteiger partial charge in [0.15, 0.2) is 0 Å². The average molecular weight is 285 g/mol. The van der Waals surface area contributed by atoms with Crippen molar-refractivity contribution in [2.75, 3.05) is 5.73 Å². The standard InChI is InChI=1S/C15H12FN3S/c16-12-4-3-10(15-11(12)2-1-6-19-15)9-20-14-5-7-18-8-13(14)17/h1-8H,9,17H2. The number of aromatic nitrogens is 2. The highest BCUT2D eigenvalue weighted by Crippen LogP contribution is 2.30. The summed E-state index contributed by atoms with van der Waals surface area (Å²) in [5.74, 6) is 0.437. The number of pyridine rings is 2. The molecule has 20 heavy (non-hydrogen) atoms. The van der Waals surface area contributed by atoms with Gasteiger partial charge in [-0.3, -0.25) is 9.97 Å². The van der Waals surface area contributed by atoms with Crippen LogP contribution in [0.15, 0.2) is 53.8 Å². The van der Waals surface area contributed by atoms with Gasteiger partial charge in [-0.2, -0.15) is 0 Å². The summed E-state index contributed by atoms with van der Waals surface area (Å²) < 4.78 is 13.7. The largest absolute Gasteiger partial charge is 0.397 e. The lowest BCUT2D eigenvalue weighted by molar-refractivity contribution is 0.639. The van der Waals surface area contributed by atoms with Gasteiger partial charge in [0, 0.05) is 28.4 Å². The van der Waals surface area contributed by atoms with Crippen molar-refractivity contribution < 1.29 is 4.39 Å². The van der Waals surface area contributed by atoms with Crippen molar-refractivity contribution in [3.8, 4) is 0 Å². The summed E-state index contributed by atoms with van der Waals surface area (Å²) in [5.41, 5.74) is 8.20. The van der Waals surface area contributed by atoms with E-state index in [0.29, 0.717) is 22.3 Å². The maximum absolute atomic E-state index is 13.7. The summed E-state index contributed by atoms with van der Waals surface area (Å²) in [5, 5.41) is 0.549. The second-order valence-electron chi connectivity index (χ2n) is 4.31. The van der Waals surface area contributed by atoms with Crippen LogP contribution in [0.25, 0.3) is 10.9 Å². The normalized spacial score (nSPS) is 10.8. The minimum Gasteiger partial charge on any atom is -0.397 e. The predicted octanol–water partition coefficient (Wildman–Crippen LogP) is 3.64. The highest BCUT2D eigenvalue weighted by molar-refractivity contribution is 7.98. The van der Waals surface area contributed by atoms with E-state index >= 15 is 0 Å². The Bertz CT molecular complexity index is 761. The van der Waals surface area contributed by atoms with E-state index in [4.69, 9.17) is 5.73 Å². The Hall–Kier alpha value is -2.14. The van der Waals surface area contributed by atoms with Crippen molar-refractivity contribution in [3.05, 3.63) is 60.3 Å². The maximum atomic E-state index is 13.7. The van der Waals surface area contributed by atoms with Gasteiger partial charge in [-0.25, -0.2) is 4.39 Å². The van der Waals surface area contributed by atoms with E-state index in [9.17, 15) is 4.39 Å². The molecular weight excluding hydrogens is 273 g/mol. The van der Waals surface area contributed by atoms with Crippen LogP contribution < -0.4 is 5.73 Å². The Kier molecular flexibility index (Phi) is 3.52. The molecule has 3 rings (SSSR count). The third-order valence-electron chi connectivity index (χ3n) is 2.99. The summed E-state index contributed by atoms with van der Waals surface area (Å²) in [6.45, 7) is 0. The summed E-state index contributed by atoms with van der Waals surface area (Å²) in [6.07, 6.45) is 5.01. The van der Waals surface area contributed by atoms with Gasteiger partial charge in [0.05, 0.1) is 17.4 Å². The summed E-state index contributed by atoms with van der Waals surface area (Å²) in [7, 11) is 0. The first-order valence-electron chi connectivity index (χ1n) is 6.10. The molecule has 0 amide bonds. The van der Waals surface area contributed by atoms with Crippen LogP contribution in [0.4, 0.5) is 10.1 Å². The summed E-state index contributed by atoms with van der Waals surface area (Å²) in [4.78, 5) is 9.21. The molecule has 0 bridgehead atoms. The van der Waals surface area contributed by atoms with Crippen molar-refractivity contribution in [1.29, 1.82) is 0 Å². The van der Waals surface area contributed by atoms with Gasteiger partial charge in [0.2, 0.25) is 0 Å². The number of anilines is 1. The van der Waals surface area contributed by atoms with Gasteiger partial charge >= 0.3 is 0 Å². The smallest absolute Gasteiger partial charge is 0.132 e. The zero-order valence-corrected chi connectivity index (χ0v) is 11.4. The van der Waals surface area contributed by atoms with E-state index in [1.54, 1.807) is 48.6 Å². The highest BCUT2D eigenvalue weighted by atomic mass is 32.2. The lowest BCUT2D eigenvalue weighted by atomic mass is 10.1. The van der Waals surface area contributed by atoms with E-state index in [1.165, 1.54) is 6.07 Å². The van der Waals surface area contributed by atoms with Gasteiger partial charge in [-0.1, -0.05) is 6.07 Å². The zero-order valence-electron chi connectivity index (χ0n) is 10.6. The number of hydrogen-bond acceptors (Lipinski definition) is 4. The van der Waals surface area contributed by atoms with Crippen LogP contribution in [0.2, 0.25) is 0 Å². The molecular formula is C15H12FN3S. The molecule has 2 aromatic heterocycles. The molecule has 5 heteroatoms. The number of hydrogen-bond donors (Lipinski definition) is 1. The van der Waals surface area contributed by atoms with Crippen molar-refractivity contribution in [1.82, 2.24) is 9.97 Å². The van der Waals surface area contributed by atoms with Crippen molar-refractivity contribution in [2.45, 2.75) is 10.6 Å². The summed E-state index contributed by atoms with van der Waals surface area (Å²) >= 11 is 1.59. The first kappa shape index (κ1) is 12.9. The molecule has 3 aromatic rings. The topological polar surface area (TPSA) is 51.8 Å². The van der Waals surface area contributed by atoms with Crippen LogP contribution in [0.1, 0.15) is 5.56 Å². The number of nitrogens with two attached hydrogens (primary N) is 1. The van der Waals surface area contributed by atoms with Crippen LogP contribution >= 0.6 is 11.8 Å². The molecule has 2 N–H and O–H groups in total. The van der Waals surface area contributed by atoms with Crippen LogP contribution in [-0.2, 0) is 5.75 Å². The second kappa shape index (κ2) is 5.46. The Morgan fingerprint density at radius 1 is 1.15 bits per heavy atom. The monoisotopic (exact) mass is 285 g/mol. The molecule has 0 radical (unpaired) electrons. The molecule has 2 heterocycles. The minimum absolute atomic E-state index is 0.245. The third-order valence-corrected chi connectivity index (χ3v) is 4.13. The van der Waals surface area contributed by atoms with Gasteiger partial charge in [0.25, 0.3) is 0 Å². The molecule has 0 unspecified atom stereocenters. The first-order chi connectivity index (χ1) is 9.75. The van der Waals surface area contributed by atoms with Crippen LogP contribution in [0.3, 0.4) is 0 Å². The van der Waals surface area contributed by atoms with Crippen LogP contribution in [0.5, 0.6) is 0 Å². The number of nitrogens with zero attached hydrogens (tertiary/aromatic N) is 2. The fraction of sp³-hybridized carbons (Fsp3) is 0.0667. The lowest BCUT2D eigenvalue weighted by Crippen LogP contribution is -1.92. The van der Waals surface area contributed by atoms with Gasteiger partial charge < -0.3 is 5.73 Å². The zero-order chi connectivity index (χ0) is 13.9. The van der Waals surface area contributed by atoms with E-state index in [1.807, 2.05) is 6.07 Å². The molecule has 0 aliphatic rings. The Morgan fingerprint density at radius 3 is 2.90 bits per heavy atom. The van der Waals surface area contributed by atoms with Crippen molar-refractivity contribution in [3.63, 3.8) is 0 Å². The minimum atomic E-state index is -0.245. The van der Waals surface area contributed by atoms with E-state index < -0.39 is 0 Å². The second-order valence-corrected chi connectivity index (χ2v) is 5.33. The Labute approximate surface area is 120 Å². The van der Waals surface area contributed by atoms with Gasteiger partial charge in [0.1, 0.15) is 5.82 Å². The number of halogens is 1. The maximum Gasteiger partial charge on any atom is 0.132 e. The number of benzene rings is 1. The fourth-order valence-electron chi connectivity index (χ4n) is 1.99.